The number of carboxylic acid groups (broad SMARTS) is 1. The van der Waals surface area contributed by atoms with Crippen LogP contribution in [0.5, 0.6) is 0 Å². The van der Waals surface area contributed by atoms with Gasteiger partial charge in [0.15, 0.2) is 0 Å². The van der Waals surface area contributed by atoms with E-state index in [-0.39, 0.29) is 21.5 Å². The minimum absolute atomic E-state index is 0.126. The molecule has 8 heteroatoms. The molecule has 0 saturated carbocycles. The number of benzene rings is 1. The van der Waals surface area contributed by atoms with Gasteiger partial charge in [-0.15, -0.1) is 6.58 Å². The fourth-order valence-electron chi connectivity index (χ4n) is 1.37. The van der Waals surface area contributed by atoms with Crippen LogP contribution in [0.2, 0.25) is 10.0 Å². The van der Waals surface area contributed by atoms with Crippen molar-refractivity contribution in [3.63, 3.8) is 0 Å². The van der Waals surface area contributed by atoms with Gasteiger partial charge in [0.2, 0.25) is 10.0 Å². The molecule has 0 amide bonds. The van der Waals surface area contributed by atoms with E-state index in [1.54, 1.807) is 0 Å². The Morgan fingerprint density at radius 2 is 1.84 bits per heavy atom. The van der Waals surface area contributed by atoms with E-state index in [9.17, 15) is 13.2 Å². The summed E-state index contributed by atoms with van der Waals surface area (Å²) in [6, 6.07) is 3.80. The number of sulfonamides is 1. The van der Waals surface area contributed by atoms with Crippen molar-refractivity contribution in [3.8, 4) is 0 Å². The number of nitrogens with zero attached hydrogens (tertiary/aromatic N) is 1. The van der Waals surface area contributed by atoms with Crippen molar-refractivity contribution in [3.05, 3.63) is 40.9 Å². The lowest BCUT2D eigenvalue weighted by molar-refractivity contribution is -0.137. The van der Waals surface area contributed by atoms with E-state index in [2.05, 4.69) is 6.58 Å². The minimum atomic E-state index is -3.99. The van der Waals surface area contributed by atoms with Crippen molar-refractivity contribution in [2.45, 2.75) is 4.90 Å². The maximum absolute atomic E-state index is 12.3. The number of carboxylic acids is 1. The third-order valence-corrected chi connectivity index (χ3v) is 4.34. The summed E-state index contributed by atoms with van der Waals surface area (Å²) in [6.45, 7) is 2.60. The molecular weight excluding hydrogens is 313 g/mol. The zero-order chi connectivity index (χ0) is 14.6. The molecule has 5 nitrogen and oxygen atoms in total. The van der Waals surface area contributed by atoms with Crippen LogP contribution in [0.25, 0.3) is 0 Å². The SMILES string of the molecule is C=CCN(CC(=O)O)S(=O)(=O)c1cc(Cl)cc(Cl)c1. The molecular formula is C11H11Cl2NO4S. The summed E-state index contributed by atoms with van der Waals surface area (Å²) in [5.74, 6) is -1.27. The zero-order valence-corrected chi connectivity index (χ0v) is 12.0. The summed E-state index contributed by atoms with van der Waals surface area (Å²) in [7, 11) is -3.99. The molecule has 0 unspecified atom stereocenters. The first kappa shape index (κ1) is 16.0. The summed E-state index contributed by atoms with van der Waals surface area (Å²) < 4.78 is 25.3. The second-order valence-corrected chi connectivity index (χ2v) is 6.40. The average Bonchev–Trinajstić information content (AvgIpc) is 2.26. The van der Waals surface area contributed by atoms with Crippen LogP contribution in [-0.2, 0) is 14.8 Å². The summed E-state index contributed by atoms with van der Waals surface area (Å²) in [6.07, 6.45) is 1.30. The summed E-state index contributed by atoms with van der Waals surface area (Å²) in [5.41, 5.74) is 0. The molecule has 104 valence electrons. The van der Waals surface area contributed by atoms with Gasteiger partial charge in [-0.05, 0) is 18.2 Å². The molecule has 1 aromatic rings. The molecule has 0 bridgehead atoms. The van der Waals surface area contributed by atoms with E-state index >= 15 is 0 Å². The third-order valence-electron chi connectivity index (χ3n) is 2.12. The highest BCUT2D eigenvalue weighted by molar-refractivity contribution is 7.89. The van der Waals surface area contributed by atoms with Gasteiger partial charge in [0, 0.05) is 16.6 Å². The average molecular weight is 324 g/mol. The molecule has 0 saturated heterocycles. The molecule has 0 heterocycles. The Labute approximate surface area is 121 Å². The molecule has 0 aromatic heterocycles. The summed E-state index contributed by atoms with van der Waals surface area (Å²) >= 11 is 11.5. The van der Waals surface area contributed by atoms with Crippen molar-refractivity contribution < 1.29 is 18.3 Å². The summed E-state index contributed by atoms with van der Waals surface area (Å²) in [4.78, 5) is 10.5. The van der Waals surface area contributed by atoms with Gasteiger partial charge < -0.3 is 5.11 Å². The lowest BCUT2D eigenvalue weighted by Crippen LogP contribution is -2.35. The Balaban J connectivity index is 3.25. The number of carbonyl (C=O) groups is 1. The monoisotopic (exact) mass is 323 g/mol. The van der Waals surface area contributed by atoms with E-state index in [1.807, 2.05) is 0 Å². The van der Waals surface area contributed by atoms with Gasteiger partial charge in [0.1, 0.15) is 6.54 Å². The number of aliphatic carboxylic acids is 1. The molecule has 1 N–H and O–H groups in total. The number of halogens is 2. The fourth-order valence-corrected chi connectivity index (χ4v) is 3.46. The summed E-state index contributed by atoms with van der Waals surface area (Å²) in [5, 5.41) is 9.04. The molecule has 0 aliphatic carbocycles. The minimum Gasteiger partial charge on any atom is -0.480 e. The van der Waals surface area contributed by atoms with Gasteiger partial charge >= 0.3 is 5.97 Å². The van der Waals surface area contributed by atoms with Gasteiger partial charge in [-0.1, -0.05) is 29.3 Å². The standard InChI is InChI=1S/C11H11Cl2NO4S/c1-2-3-14(7-11(15)16)19(17,18)10-5-8(12)4-9(13)6-10/h2,4-6H,1,3,7H2,(H,15,16). The zero-order valence-electron chi connectivity index (χ0n) is 9.71. The van der Waals surface area contributed by atoms with Crippen molar-refractivity contribution in [1.29, 1.82) is 0 Å². The second-order valence-electron chi connectivity index (χ2n) is 3.59. The van der Waals surface area contributed by atoms with Crippen molar-refractivity contribution >= 4 is 39.2 Å². The van der Waals surface area contributed by atoms with Gasteiger partial charge in [0.05, 0.1) is 4.90 Å². The van der Waals surface area contributed by atoms with Crippen LogP contribution in [0.3, 0.4) is 0 Å². The van der Waals surface area contributed by atoms with Crippen LogP contribution in [0.4, 0.5) is 0 Å². The van der Waals surface area contributed by atoms with Crippen LogP contribution < -0.4 is 0 Å². The Morgan fingerprint density at radius 3 is 2.26 bits per heavy atom. The molecule has 0 fully saturated rings. The largest absolute Gasteiger partial charge is 0.480 e. The van der Waals surface area contributed by atoms with Gasteiger partial charge in [0.25, 0.3) is 0 Å². The quantitative estimate of drug-likeness (QED) is 0.815. The Bertz CT molecular complexity index is 580. The van der Waals surface area contributed by atoms with Crippen molar-refractivity contribution in [2.75, 3.05) is 13.1 Å². The van der Waals surface area contributed by atoms with Crippen LogP contribution in [0.1, 0.15) is 0 Å². The lowest BCUT2D eigenvalue weighted by atomic mass is 10.4. The van der Waals surface area contributed by atoms with E-state index < -0.39 is 22.5 Å². The predicted octanol–water partition coefficient (Wildman–Crippen LogP) is 2.25. The number of rotatable bonds is 6. The van der Waals surface area contributed by atoms with Crippen LogP contribution in [-0.4, -0.2) is 36.9 Å². The van der Waals surface area contributed by atoms with Crippen molar-refractivity contribution in [1.82, 2.24) is 4.31 Å². The molecule has 0 atom stereocenters. The third kappa shape index (κ3) is 4.21. The van der Waals surface area contributed by atoms with Crippen LogP contribution >= 0.6 is 23.2 Å². The molecule has 0 spiro atoms. The van der Waals surface area contributed by atoms with E-state index in [4.69, 9.17) is 28.3 Å². The molecule has 1 rings (SSSR count). The van der Waals surface area contributed by atoms with Gasteiger partial charge in [-0.25, -0.2) is 8.42 Å². The number of hydrogen-bond acceptors (Lipinski definition) is 3. The molecule has 19 heavy (non-hydrogen) atoms. The van der Waals surface area contributed by atoms with Crippen molar-refractivity contribution in [2.24, 2.45) is 0 Å². The topological polar surface area (TPSA) is 74.7 Å². The van der Waals surface area contributed by atoms with E-state index in [0.29, 0.717) is 0 Å². The first-order chi connectivity index (χ1) is 8.77. The predicted molar refractivity (Wildman–Crippen MR) is 73.1 cm³/mol. The maximum Gasteiger partial charge on any atom is 0.318 e. The Kier molecular flexibility index (Phi) is 5.37. The Morgan fingerprint density at radius 1 is 1.32 bits per heavy atom. The molecule has 1 aromatic carbocycles. The lowest BCUT2D eigenvalue weighted by Gasteiger charge is -2.18. The van der Waals surface area contributed by atoms with E-state index in [1.165, 1.54) is 24.3 Å². The first-order valence-corrected chi connectivity index (χ1v) is 7.26. The van der Waals surface area contributed by atoms with E-state index in [0.717, 1.165) is 4.31 Å². The van der Waals surface area contributed by atoms with Gasteiger partial charge in [-0.2, -0.15) is 4.31 Å². The first-order valence-electron chi connectivity index (χ1n) is 5.06. The number of hydrogen-bond donors (Lipinski definition) is 1. The Hall–Kier alpha value is -1.08. The highest BCUT2D eigenvalue weighted by Gasteiger charge is 2.26. The smallest absolute Gasteiger partial charge is 0.318 e. The fraction of sp³-hybridized carbons (Fsp3) is 0.182. The normalized spacial score (nSPS) is 11.5. The maximum atomic E-state index is 12.3. The van der Waals surface area contributed by atoms with Crippen LogP contribution in [0.15, 0.2) is 35.7 Å². The molecule has 0 radical (unpaired) electrons. The highest BCUT2D eigenvalue weighted by Crippen LogP contribution is 2.24. The molecule has 0 aliphatic rings. The van der Waals surface area contributed by atoms with Gasteiger partial charge in [-0.3, -0.25) is 4.79 Å². The van der Waals surface area contributed by atoms with Crippen LogP contribution in [0, 0.1) is 0 Å². The molecule has 0 aliphatic heterocycles. The second kappa shape index (κ2) is 6.38. The highest BCUT2D eigenvalue weighted by atomic mass is 35.5.